The highest BCUT2D eigenvalue weighted by molar-refractivity contribution is 6.30. The Labute approximate surface area is 161 Å². The minimum atomic E-state index is -0.560. The van der Waals surface area contributed by atoms with Gasteiger partial charge in [0.15, 0.2) is 11.6 Å². The molecule has 3 aromatic rings. The molecule has 3 heterocycles. The monoisotopic (exact) mass is 387 g/mol. The average molecular weight is 388 g/mol. The summed E-state index contributed by atoms with van der Waals surface area (Å²) < 4.78 is 22.1. The van der Waals surface area contributed by atoms with Crippen LogP contribution in [0.4, 0.5) is 4.39 Å². The van der Waals surface area contributed by atoms with Crippen molar-refractivity contribution in [3.8, 4) is 11.7 Å². The normalized spacial score (nSPS) is 19.8. The van der Waals surface area contributed by atoms with Crippen LogP contribution in [0.5, 0.6) is 5.88 Å². The van der Waals surface area contributed by atoms with Gasteiger partial charge in [-0.05, 0) is 44.7 Å². The molecular weight excluding hydrogens is 369 g/mol. The van der Waals surface area contributed by atoms with Crippen molar-refractivity contribution in [1.29, 1.82) is 0 Å². The quantitative estimate of drug-likeness (QED) is 0.669. The van der Waals surface area contributed by atoms with Gasteiger partial charge in [0.05, 0.1) is 5.02 Å². The molecule has 8 heteroatoms. The molecule has 1 aliphatic rings. The lowest BCUT2D eigenvalue weighted by Crippen LogP contribution is -2.25. The number of rotatable bonds is 4. The molecule has 0 saturated heterocycles. The minimum absolute atomic E-state index is 0.0338. The Balaban J connectivity index is 1.52. The number of hydrogen-bond acceptors (Lipinski definition) is 5. The molecule has 1 aliphatic carbocycles. The Morgan fingerprint density at radius 3 is 2.63 bits per heavy atom. The third-order valence-electron chi connectivity index (χ3n) is 4.85. The number of hydrogen-bond donors (Lipinski definition) is 0. The standard InChI is InChI=1S/C19H19ClFN5O/c1-12-24-25-18(26(12)19-17(21)15(20)9-11-23-19)13-5-7-14(8-6-13)27-16-4-2-3-10-22-16/h2-4,9-11,13-14H,5-8H2,1H3. The Morgan fingerprint density at radius 2 is 1.89 bits per heavy atom. The van der Waals surface area contributed by atoms with Gasteiger partial charge in [-0.3, -0.25) is 4.57 Å². The van der Waals surface area contributed by atoms with Crippen LogP contribution in [0.1, 0.15) is 43.3 Å². The molecule has 0 aliphatic heterocycles. The highest BCUT2D eigenvalue weighted by atomic mass is 35.5. The average Bonchev–Trinajstić information content (AvgIpc) is 3.07. The van der Waals surface area contributed by atoms with Gasteiger partial charge < -0.3 is 4.74 Å². The summed E-state index contributed by atoms with van der Waals surface area (Å²) in [4.78, 5) is 8.37. The van der Waals surface area contributed by atoms with E-state index in [-0.39, 0.29) is 22.9 Å². The van der Waals surface area contributed by atoms with Crippen LogP contribution in [-0.2, 0) is 0 Å². The third-order valence-corrected chi connectivity index (χ3v) is 5.14. The van der Waals surface area contributed by atoms with Gasteiger partial charge in [-0.1, -0.05) is 17.7 Å². The zero-order chi connectivity index (χ0) is 18.8. The smallest absolute Gasteiger partial charge is 0.213 e. The number of nitrogens with zero attached hydrogens (tertiary/aromatic N) is 5. The van der Waals surface area contributed by atoms with Gasteiger partial charge >= 0.3 is 0 Å². The second kappa shape index (κ2) is 7.60. The molecule has 0 bridgehead atoms. The van der Waals surface area contributed by atoms with Crippen molar-refractivity contribution < 1.29 is 9.13 Å². The van der Waals surface area contributed by atoms with Crippen LogP contribution < -0.4 is 4.74 Å². The Morgan fingerprint density at radius 1 is 1.07 bits per heavy atom. The molecular formula is C19H19ClFN5O. The van der Waals surface area contributed by atoms with Crippen molar-refractivity contribution in [2.45, 2.75) is 44.6 Å². The van der Waals surface area contributed by atoms with Crippen LogP contribution in [0.3, 0.4) is 0 Å². The summed E-state index contributed by atoms with van der Waals surface area (Å²) in [6, 6.07) is 7.06. The lowest BCUT2D eigenvalue weighted by atomic mass is 9.86. The van der Waals surface area contributed by atoms with E-state index in [9.17, 15) is 4.39 Å². The van der Waals surface area contributed by atoms with Gasteiger partial charge in [0.1, 0.15) is 17.8 Å². The molecule has 0 atom stereocenters. The van der Waals surface area contributed by atoms with Crippen LogP contribution in [-0.4, -0.2) is 30.8 Å². The molecule has 1 saturated carbocycles. The Kier molecular flexibility index (Phi) is 5.03. The Hall–Kier alpha value is -2.54. The largest absolute Gasteiger partial charge is 0.474 e. The summed E-state index contributed by atoms with van der Waals surface area (Å²) in [7, 11) is 0. The van der Waals surface area contributed by atoms with Crippen LogP contribution in [0.15, 0.2) is 36.7 Å². The predicted octanol–water partition coefficient (Wildman–Crippen LogP) is 4.26. The third kappa shape index (κ3) is 3.64. The lowest BCUT2D eigenvalue weighted by molar-refractivity contribution is 0.139. The second-order valence-electron chi connectivity index (χ2n) is 6.63. The molecule has 0 radical (unpaired) electrons. The topological polar surface area (TPSA) is 65.7 Å². The predicted molar refractivity (Wildman–Crippen MR) is 98.7 cm³/mol. The summed E-state index contributed by atoms with van der Waals surface area (Å²) >= 11 is 5.93. The maximum atomic E-state index is 14.5. The van der Waals surface area contributed by atoms with Crippen LogP contribution in [0, 0.1) is 12.7 Å². The van der Waals surface area contributed by atoms with Crippen LogP contribution in [0.2, 0.25) is 5.02 Å². The van der Waals surface area contributed by atoms with E-state index >= 15 is 0 Å². The van der Waals surface area contributed by atoms with Gasteiger partial charge in [-0.15, -0.1) is 10.2 Å². The molecule has 1 fully saturated rings. The molecule has 4 rings (SSSR count). The Bertz CT molecular complexity index is 925. The molecule has 0 unspecified atom stereocenters. The highest BCUT2D eigenvalue weighted by Crippen LogP contribution is 2.35. The first-order valence-corrected chi connectivity index (χ1v) is 9.31. The molecule has 27 heavy (non-hydrogen) atoms. The summed E-state index contributed by atoms with van der Waals surface area (Å²) in [5.41, 5.74) is 0. The zero-order valence-electron chi connectivity index (χ0n) is 14.8. The number of pyridine rings is 2. The summed E-state index contributed by atoms with van der Waals surface area (Å²) in [6.07, 6.45) is 6.82. The van der Waals surface area contributed by atoms with Crippen LogP contribution in [0.25, 0.3) is 5.82 Å². The summed E-state index contributed by atoms with van der Waals surface area (Å²) in [5.74, 6) is 1.70. The first-order valence-electron chi connectivity index (χ1n) is 8.93. The molecule has 0 amide bonds. The van der Waals surface area contributed by atoms with Gasteiger partial charge in [0.25, 0.3) is 0 Å². The van der Waals surface area contributed by atoms with E-state index in [1.807, 2.05) is 18.2 Å². The van der Waals surface area contributed by atoms with E-state index in [1.54, 1.807) is 17.7 Å². The van der Waals surface area contributed by atoms with Crippen molar-refractivity contribution in [3.63, 3.8) is 0 Å². The number of ether oxygens (including phenoxy) is 1. The maximum absolute atomic E-state index is 14.5. The van der Waals surface area contributed by atoms with Crippen LogP contribution >= 0.6 is 11.6 Å². The highest BCUT2D eigenvalue weighted by Gasteiger charge is 2.29. The van der Waals surface area contributed by atoms with E-state index in [0.717, 1.165) is 31.5 Å². The molecule has 0 N–H and O–H groups in total. The van der Waals surface area contributed by atoms with Crippen molar-refractivity contribution in [2.75, 3.05) is 0 Å². The molecule has 0 spiro atoms. The van der Waals surface area contributed by atoms with E-state index in [0.29, 0.717) is 11.7 Å². The molecule has 3 aromatic heterocycles. The van der Waals surface area contributed by atoms with Crippen molar-refractivity contribution in [2.24, 2.45) is 0 Å². The van der Waals surface area contributed by atoms with Gasteiger partial charge in [0, 0.05) is 24.4 Å². The second-order valence-corrected chi connectivity index (χ2v) is 7.04. The first kappa shape index (κ1) is 17.9. The SMILES string of the molecule is Cc1nnc(C2CCC(Oc3ccccn3)CC2)n1-c1nccc(Cl)c1F. The van der Waals surface area contributed by atoms with Crippen molar-refractivity contribution >= 4 is 11.6 Å². The van der Waals surface area contributed by atoms with E-state index in [4.69, 9.17) is 16.3 Å². The first-order chi connectivity index (χ1) is 13.1. The summed E-state index contributed by atoms with van der Waals surface area (Å²) in [6.45, 7) is 1.79. The minimum Gasteiger partial charge on any atom is -0.474 e. The fourth-order valence-electron chi connectivity index (χ4n) is 3.50. The fourth-order valence-corrected chi connectivity index (χ4v) is 3.64. The fraction of sp³-hybridized carbons (Fsp3) is 0.368. The van der Waals surface area contributed by atoms with Gasteiger partial charge in [0.2, 0.25) is 5.88 Å². The number of aryl methyl sites for hydroxylation is 1. The number of halogens is 2. The zero-order valence-corrected chi connectivity index (χ0v) is 15.6. The maximum Gasteiger partial charge on any atom is 0.213 e. The summed E-state index contributed by atoms with van der Waals surface area (Å²) in [5, 5.41) is 8.49. The molecule has 0 aromatic carbocycles. The molecule has 6 nitrogen and oxygen atoms in total. The lowest BCUT2D eigenvalue weighted by Gasteiger charge is -2.28. The van der Waals surface area contributed by atoms with Crippen molar-refractivity contribution in [3.05, 3.63) is 59.1 Å². The van der Waals surface area contributed by atoms with E-state index in [1.165, 1.54) is 12.3 Å². The van der Waals surface area contributed by atoms with E-state index in [2.05, 4.69) is 20.2 Å². The van der Waals surface area contributed by atoms with E-state index < -0.39 is 5.82 Å². The number of aromatic nitrogens is 5. The molecule has 140 valence electrons. The van der Waals surface area contributed by atoms with Crippen molar-refractivity contribution in [1.82, 2.24) is 24.7 Å². The van der Waals surface area contributed by atoms with Gasteiger partial charge in [-0.2, -0.15) is 0 Å². The van der Waals surface area contributed by atoms with Gasteiger partial charge in [-0.25, -0.2) is 14.4 Å².